The molecule has 0 fully saturated rings. The van der Waals surface area contributed by atoms with E-state index in [1.165, 1.54) is 12.0 Å². The lowest BCUT2D eigenvalue weighted by atomic mass is 9.81. The smallest absolute Gasteiger partial charge is 0.0177 e. The van der Waals surface area contributed by atoms with E-state index < -0.39 is 0 Å². The summed E-state index contributed by atoms with van der Waals surface area (Å²) in [6, 6.07) is 11.5. The first-order valence-electron chi connectivity index (χ1n) is 7.46. The topological polar surface area (TPSA) is 15.3 Å². The van der Waals surface area contributed by atoms with Crippen molar-refractivity contribution in [3.05, 3.63) is 35.9 Å². The fourth-order valence-corrected chi connectivity index (χ4v) is 2.36. The van der Waals surface area contributed by atoms with E-state index in [2.05, 4.69) is 75.3 Å². The van der Waals surface area contributed by atoms with Gasteiger partial charge in [0.25, 0.3) is 0 Å². The van der Waals surface area contributed by atoms with Gasteiger partial charge in [-0.15, -0.1) is 0 Å². The molecule has 0 aliphatic heterocycles. The SMILES string of the molecule is CCCNCC(C)(CN(C)C(C)C)c1ccccc1. The summed E-state index contributed by atoms with van der Waals surface area (Å²) in [4.78, 5) is 2.43. The Morgan fingerprint density at radius 3 is 2.37 bits per heavy atom. The van der Waals surface area contributed by atoms with Crippen LogP contribution in [0.5, 0.6) is 0 Å². The van der Waals surface area contributed by atoms with Gasteiger partial charge in [0.2, 0.25) is 0 Å². The van der Waals surface area contributed by atoms with Crippen molar-refractivity contribution in [2.75, 3.05) is 26.7 Å². The minimum absolute atomic E-state index is 0.162. The second-order valence-electron chi connectivity index (χ2n) is 6.11. The molecular weight excluding hydrogens is 232 g/mol. The summed E-state index contributed by atoms with van der Waals surface area (Å²) >= 11 is 0. The van der Waals surface area contributed by atoms with Crippen LogP contribution in [0.4, 0.5) is 0 Å². The Morgan fingerprint density at radius 1 is 1.21 bits per heavy atom. The number of nitrogens with zero attached hydrogens (tertiary/aromatic N) is 1. The van der Waals surface area contributed by atoms with Gasteiger partial charge in [0.15, 0.2) is 0 Å². The number of hydrogen-bond acceptors (Lipinski definition) is 2. The van der Waals surface area contributed by atoms with Crippen molar-refractivity contribution in [1.82, 2.24) is 10.2 Å². The molecule has 0 bridgehead atoms. The van der Waals surface area contributed by atoms with Gasteiger partial charge in [0, 0.05) is 24.5 Å². The molecule has 0 aliphatic rings. The molecule has 1 atom stereocenters. The van der Waals surface area contributed by atoms with Crippen molar-refractivity contribution in [3.8, 4) is 0 Å². The number of hydrogen-bond donors (Lipinski definition) is 1. The molecule has 0 aliphatic carbocycles. The van der Waals surface area contributed by atoms with E-state index in [-0.39, 0.29) is 5.41 Å². The van der Waals surface area contributed by atoms with E-state index >= 15 is 0 Å². The van der Waals surface area contributed by atoms with Gasteiger partial charge in [0.1, 0.15) is 0 Å². The lowest BCUT2D eigenvalue weighted by molar-refractivity contribution is 0.210. The Balaban J connectivity index is 2.83. The minimum Gasteiger partial charge on any atom is -0.316 e. The number of benzene rings is 1. The third-order valence-corrected chi connectivity index (χ3v) is 3.89. The van der Waals surface area contributed by atoms with Gasteiger partial charge >= 0.3 is 0 Å². The second-order valence-corrected chi connectivity index (χ2v) is 6.11. The monoisotopic (exact) mass is 262 g/mol. The van der Waals surface area contributed by atoms with Crippen LogP contribution < -0.4 is 5.32 Å². The quantitative estimate of drug-likeness (QED) is 0.723. The maximum Gasteiger partial charge on any atom is 0.0177 e. The molecule has 0 aromatic heterocycles. The van der Waals surface area contributed by atoms with Crippen molar-refractivity contribution in [2.45, 2.75) is 45.6 Å². The molecule has 1 aromatic rings. The zero-order valence-electron chi connectivity index (χ0n) is 13.2. The Morgan fingerprint density at radius 2 is 1.84 bits per heavy atom. The molecule has 0 heterocycles. The highest BCUT2D eigenvalue weighted by Gasteiger charge is 2.28. The van der Waals surface area contributed by atoms with Gasteiger partial charge in [-0.1, -0.05) is 44.2 Å². The van der Waals surface area contributed by atoms with E-state index in [0.717, 1.165) is 19.6 Å². The van der Waals surface area contributed by atoms with Gasteiger partial charge in [-0.3, -0.25) is 0 Å². The van der Waals surface area contributed by atoms with Crippen LogP contribution in [0.3, 0.4) is 0 Å². The Labute approximate surface area is 119 Å². The molecule has 1 aromatic carbocycles. The van der Waals surface area contributed by atoms with E-state index in [1.807, 2.05) is 0 Å². The Hall–Kier alpha value is -0.860. The number of likely N-dealkylation sites (N-methyl/N-ethyl adjacent to an activating group) is 1. The van der Waals surface area contributed by atoms with Crippen molar-refractivity contribution in [2.24, 2.45) is 0 Å². The van der Waals surface area contributed by atoms with Crippen LogP contribution >= 0.6 is 0 Å². The number of rotatable bonds is 8. The highest BCUT2D eigenvalue weighted by molar-refractivity contribution is 5.25. The zero-order chi connectivity index (χ0) is 14.3. The van der Waals surface area contributed by atoms with Crippen LogP contribution in [-0.2, 0) is 5.41 Å². The molecule has 0 spiro atoms. The summed E-state index contributed by atoms with van der Waals surface area (Å²) in [6.07, 6.45) is 1.19. The first-order valence-corrected chi connectivity index (χ1v) is 7.46. The van der Waals surface area contributed by atoms with Gasteiger partial charge < -0.3 is 10.2 Å². The maximum atomic E-state index is 3.59. The molecule has 1 unspecified atom stereocenters. The molecule has 108 valence electrons. The van der Waals surface area contributed by atoms with Crippen LogP contribution in [0, 0.1) is 0 Å². The predicted molar refractivity (Wildman–Crippen MR) is 84.7 cm³/mol. The second kappa shape index (κ2) is 7.66. The number of nitrogens with one attached hydrogen (secondary N) is 1. The molecule has 19 heavy (non-hydrogen) atoms. The van der Waals surface area contributed by atoms with Crippen LogP contribution in [0.15, 0.2) is 30.3 Å². The molecule has 2 heteroatoms. The third-order valence-electron chi connectivity index (χ3n) is 3.89. The Bertz CT molecular complexity index is 348. The molecular formula is C17H30N2. The predicted octanol–water partition coefficient (Wildman–Crippen LogP) is 3.28. The third kappa shape index (κ3) is 4.96. The average molecular weight is 262 g/mol. The first kappa shape index (κ1) is 16.2. The normalized spacial score (nSPS) is 14.9. The first-order chi connectivity index (χ1) is 8.99. The maximum absolute atomic E-state index is 3.59. The molecule has 0 radical (unpaired) electrons. The van der Waals surface area contributed by atoms with E-state index in [4.69, 9.17) is 0 Å². The summed E-state index contributed by atoms with van der Waals surface area (Å²) in [5.41, 5.74) is 1.58. The summed E-state index contributed by atoms with van der Waals surface area (Å²) in [5.74, 6) is 0. The molecule has 0 saturated heterocycles. The van der Waals surface area contributed by atoms with Crippen LogP contribution in [0.25, 0.3) is 0 Å². The molecule has 1 N–H and O–H groups in total. The van der Waals surface area contributed by atoms with Crippen LogP contribution in [0.2, 0.25) is 0 Å². The van der Waals surface area contributed by atoms with Gasteiger partial charge in [-0.2, -0.15) is 0 Å². The van der Waals surface area contributed by atoms with Gasteiger partial charge in [0.05, 0.1) is 0 Å². The molecule has 0 saturated carbocycles. The van der Waals surface area contributed by atoms with Crippen molar-refractivity contribution in [3.63, 3.8) is 0 Å². The van der Waals surface area contributed by atoms with Crippen LogP contribution in [0.1, 0.15) is 39.7 Å². The summed E-state index contributed by atoms with van der Waals surface area (Å²) in [5, 5.41) is 3.59. The largest absolute Gasteiger partial charge is 0.316 e. The average Bonchev–Trinajstić information content (AvgIpc) is 2.40. The van der Waals surface area contributed by atoms with E-state index in [9.17, 15) is 0 Å². The standard InChI is InChI=1S/C17H30N2/c1-6-12-18-13-17(4,14-19(5)15(2)3)16-10-8-7-9-11-16/h7-11,15,18H,6,12-14H2,1-5H3. The van der Waals surface area contributed by atoms with Gasteiger partial charge in [-0.25, -0.2) is 0 Å². The fraction of sp³-hybridized carbons (Fsp3) is 0.647. The molecule has 1 rings (SSSR count). The van der Waals surface area contributed by atoms with Gasteiger partial charge in [-0.05, 0) is 39.4 Å². The lowest BCUT2D eigenvalue weighted by Gasteiger charge is -2.36. The zero-order valence-corrected chi connectivity index (χ0v) is 13.2. The molecule has 0 amide bonds. The highest BCUT2D eigenvalue weighted by atomic mass is 15.1. The van der Waals surface area contributed by atoms with Crippen molar-refractivity contribution in [1.29, 1.82) is 0 Å². The van der Waals surface area contributed by atoms with E-state index in [1.54, 1.807) is 0 Å². The highest BCUT2D eigenvalue weighted by Crippen LogP contribution is 2.24. The van der Waals surface area contributed by atoms with Crippen molar-refractivity contribution < 1.29 is 0 Å². The molecule has 2 nitrogen and oxygen atoms in total. The minimum atomic E-state index is 0.162. The summed E-state index contributed by atoms with van der Waals surface area (Å²) in [6.45, 7) is 12.3. The summed E-state index contributed by atoms with van der Waals surface area (Å²) < 4.78 is 0. The Kier molecular flexibility index (Phi) is 6.53. The summed E-state index contributed by atoms with van der Waals surface area (Å²) in [7, 11) is 2.21. The fourth-order valence-electron chi connectivity index (χ4n) is 2.36. The van der Waals surface area contributed by atoms with Crippen molar-refractivity contribution >= 4 is 0 Å². The lowest BCUT2D eigenvalue weighted by Crippen LogP contribution is -2.46. The van der Waals surface area contributed by atoms with E-state index in [0.29, 0.717) is 6.04 Å². The van der Waals surface area contributed by atoms with Crippen LogP contribution in [-0.4, -0.2) is 37.6 Å².